The van der Waals surface area contributed by atoms with E-state index in [1.54, 1.807) is 0 Å². The van der Waals surface area contributed by atoms with E-state index in [4.69, 9.17) is 10.2 Å². The number of hydrogen-bond acceptors (Lipinski definition) is 4. The van der Waals surface area contributed by atoms with E-state index in [1.807, 2.05) is 0 Å². The minimum atomic E-state index is -3.33. The SMILES string of the molecule is CCCCCCCCS(=O)(=O)N(CCO)CCO. The van der Waals surface area contributed by atoms with Gasteiger partial charge in [0.1, 0.15) is 0 Å². The molecule has 2 N–H and O–H groups in total. The van der Waals surface area contributed by atoms with E-state index < -0.39 is 10.0 Å². The van der Waals surface area contributed by atoms with Gasteiger partial charge in [0.2, 0.25) is 10.0 Å². The minimum absolute atomic E-state index is 0.0682. The van der Waals surface area contributed by atoms with Crippen LogP contribution in [0.15, 0.2) is 0 Å². The Morgan fingerprint density at radius 2 is 1.39 bits per heavy atom. The molecule has 0 saturated carbocycles. The molecule has 0 fully saturated rings. The normalized spacial score (nSPS) is 12.2. The van der Waals surface area contributed by atoms with Gasteiger partial charge in [-0.2, -0.15) is 4.31 Å². The summed E-state index contributed by atoms with van der Waals surface area (Å²) in [7, 11) is -3.33. The molecule has 0 saturated heterocycles. The second-order valence-electron chi connectivity index (χ2n) is 4.43. The van der Waals surface area contributed by atoms with Crippen LogP contribution in [0.4, 0.5) is 0 Å². The van der Waals surface area contributed by atoms with Gasteiger partial charge >= 0.3 is 0 Å². The van der Waals surface area contributed by atoms with Gasteiger partial charge in [0, 0.05) is 13.1 Å². The van der Waals surface area contributed by atoms with Gasteiger partial charge in [-0.25, -0.2) is 8.42 Å². The van der Waals surface area contributed by atoms with Crippen LogP contribution < -0.4 is 0 Å². The first-order valence-corrected chi connectivity index (χ1v) is 8.39. The molecule has 0 heterocycles. The molecule has 0 amide bonds. The summed E-state index contributed by atoms with van der Waals surface area (Å²) in [6, 6.07) is 0. The summed E-state index contributed by atoms with van der Waals surface area (Å²) in [5.41, 5.74) is 0. The van der Waals surface area contributed by atoms with Crippen LogP contribution >= 0.6 is 0 Å². The topological polar surface area (TPSA) is 77.8 Å². The molecule has 6 heteroatoms. The molecule has 0 spiro atoms. The highest BCUT2D eigenvalue weighted by atomic mass is 32.2. The molecule has 0 aromatic heterocycles. The lowest BCUT2D eigenvalue weighted by molar-refractivity contribution is 0.217. The van der Waals surface area contributed by atoms with Crippen LogP contribution in [0.1, 0.15) is 45.4 Å². The zero-order valence-electron chi connectivity index (χ0n) is 11.3. The first kappa shape index (κ1) is 17.8. The molecular formula is C12H27NO4S. The largest absolute Gasteiger partial charge is 0.395 e. The molecular weight excluding hydrogens is 254 g/mol. The minimum Gasteiger partial charge on any atom is -0.395 e. The second-order valence-corrected chi connectivity index (χ2v) is 6.52. The molecule has 110 valence electrons. The number of nitrogens with zero attached hydrogens (tertiary/aromatic N) is 1. The van der Waals surface area contributed by atoms with Gasteiger partial charge in [-0.15, -0.1) is 0 Å². The Hall–Kier alpha value is -0.170. The third-order valence-corrected chi connectivity index (χ3v) is 4.80. The zero-order valence-corrected chi connectivity index (χ0v) is 12.2. The standard InChI is InChI=1S/C12H27NO4S/c1-2-3-4-5-6-7-12-18(16,17)13(8-10-14)9-11-15/h14-15H,2-12H2,1H3. The summed E-state index contributed by atoms with van der Waals surface area (Å²) in [5.74, 6) is 0.110. The van der Waals surface area contributed by atoms with Crippen LogP contribution in [0.2, 0.25) is 0 Å². The maximum absolute atomic E-state index is 11.9. The molecule has 18 heavy (non-hydrogen) atoms. The molecule has 0 rings (SSSR count). The second kappa shape index (κ2) is 10.7. The van der Waals surface area contributed by atoms with Crippen molar-refractivity contribution < 1.29 is 18.6 Å². The maximum atomic E-state index is 11.9. The predicted molar refractivity (Wildman–Crippen MR) is 72.9 cm³/mol. The van der Waals surface area contributed by atoms with Gasteiger partial charge < -0.3 is 10.2 Å². The number of hydrogen-bond donors (Lipinski definition) is 2. The average Bonchev–Trinajstić information content (AvgIpc) is 2.33. The van der Waals surface area contributed by atoms with Crippen molar-refractivity contribution in [3.63, 3.8) is 0 Å². The van der Waals surface area contributed by atoms with Crippen molar-refractivity contribution in [3.8, 4) is 0 Å². The molecule has 0 aromatic rings. The van der Waals surface area contributed by atoms with Crippen molar-refractivity contribution in [2.24, 2.45) is 0 Å². The quantitative estimate of drug-likeness (QED) is 0.522. The molecule has 0 atom stereocenters. The molecule has 0 aliphatic carbocycles. The Kier molecular flexibility index (Phi) is 10.6. The van der Waals surface area contributed by atoms with E-state index in [9.17, 15) is 8.42 Å². The van der Waals surface area contributed by atoms with Gasteiger partial charge in [-0.1, -0.05) is 39.0 Å². The van der Waals surface area contributed by atoms with E-state index in [2.05, 4.69) is 6.92 Å². The number of rotatable bonds is 12. The fraction of sp³-hybridized carbons (Fsp3) is 1.00. The lowest BCUT2D eigenvalue weighted by Gasteiger charge is -2.20. The summed E-state index contributed by atoms with van der Waals surface area (Å²) in [4.78, 5) is 0. The van der Waals surface area contributed by atoms with Crippen LogP contribution in [0.25, 0.3) is 0 Å². The molecule has 0 bridgehead atoms. The van der Waals surface area contributed by atoms with Crippen LogP contribution in [0, 0.1) is 0 Å². The summed E-state index contributed by atoms with van der Waals surface area (Å²) < 4.78 is 25.0. The monoisotopic (exact) mass is 281 g/mol. The van der Waals surface area contributed by atoms with Crippen LogP contribution in [-0.2, 0) is 10.0 Å². The summed E-state index contributed by atoms with van der Waals surface area (Å²) in [5, 5.41) is 17.6. The Balaban J connectivity index is 3.95. The smallest absolute Gasteiger partial charge is 0.214 e. The molecule has 0 unspecified atom stereocenters. The summed E-state index contributed by atoms with van der Waals surface area (Å²) >= 11 is 0. The number of unbranched alkanes of at least 4 members (excludes halogenated alkanes) is 5. The lowest BCUT2D eigenvalue weighted by atomic mass is 10.1. The van der Waals surface area contributed by atoms with Crippen molar-refractivity contribution in [3.05, 3.63) is 0 Å². The highest BCUT2D eigenvalue weighted by Gasteiger charge is 2.20. The zero-order chi connectivity index (χ0) is 13.9. The van der Waals surface area contributed by atoms with E-state index in [1.165, 1.54) is 17.1 Å². The molecule has 0 aliphatic heterocycles. The summed E-state index contributed by atoms with van der Waals surface area (Å²) in [6.45, 7) is 1.86. The average molecular weight is 281 g/mol. The highest BCUT2D eigenvalue weighted by molar-refractivity contribution is 7.89. The van der Waals surface area contributed by atoms with E-state index in [0.29, 0.717) is 6.42 Å². The van der Waals surface area contributed by atoms with Gasteiger partial charge in [0.05, 0.1) is 19.0 Å². The van der Waals surface area contributed by atoms with Gasteiger partial charge in [-0.3, -0.25) is 0 Å². The predicted octanol–water partition coefficient (Wildman–Crippen LogP) is 0.963. The Morgan fingerprint density at radius 1 is 0.889 bits per heavy atom. The fourth-order valence-corrected chi connectivity index (χ4v) is 3.35. The number of aliphatic hydroxyl groups excluding tert-OH is 2. The molecule has 0 aromatic carbocycles. The van der Waals surface area contributed by atoms with Crippen molar-refractivity contribution in [2.75, 3.05) is 32.1 Å². The molecule has 0 aliphatic rings. The van der Waals surface area contributed by atoms with Crippen molar-refractivity contribution in [1.29, 1.82) is 0 Å². The van der Waals surface area contributed by atoms with Gasteiger partial charge in [0.25, 0.3) is 0 Å². The third kappa shape index (κ3) is 8.02. The van der Waals surface area contributed by atoms with E-state index in [-0.39, 0.29) is 32.1 Å². The molecule has 5 nitrogen and oxygen atoms in total. The van der Waals surface area contributed by atoms with Crippen LogP contribution in [-0.4, -0.2) is 55.0 Å². The first-order chi connectivity index (χ1) is 8.58. The first-order valence-electron chi connectivity index (χ1n) is 6.78. The maximum Gasteiger partial charge on any atom is 0.214 e. The Morgan fingerprint density at radius 3 is 1.89 bits per heavy atom. The van der Waals surface area contributed by atoms with Crippen LogP contribution in [0.3, 0.4) is 0 Å². The molecule has 0 radical (unpaired) electrons. The van der Waals surface area contributed by atoms with Crippen LogP contribution in [0.5, 0.6) is 0 Å². The van der Waals surface area contributed by atoms with Gasteiger partial charge in [0.15, 0.2) is 0 Å². The third-order valence-electron chi connectivity index (χ3n) is 2.85. The highest BCUT2D eigenvalue weighted by Crippen LogP contribution is 2.09. The van der Waals surface area contributed by atoms with Crippen molar-refractivity contribution in [1.82, 2.24) is 4.31 Å². The number of sulfonamides is 1. The Bertz CT molecular complexity index is 274. The van der Waals surface area contributed by atoms with E-state index >= 15 is 0 Å². The van der Waals surface area contributed by atoms with E-state index in [0.717, 1.165) is 19.3 Å². The van der Waals surface area contributed by atoms with Crippen molar-refractivity contribution in [2.45, 2.75) is 45.4 Å². The number of aliphatic hydroxyl groups is 2. The van der Waals surface area contributed by atoms with Gasteiger partial charge in [-0.05, 0) is 6.42 Å². The lowest BCUT2D eigenvalue weighted by Crippen LogP contribution is -2.37. The fourth-order valence-electron chi connectivity index (χ4n) is 1.81. The van der Waals surface area contributed by atoms with Crippen molar-refractivity contribution >= 4 is 10.0 Å². The summed E-state index contributed by atoms with van der Waals surface area (Å²) in [6.07, 6.45) is 6.19. The Labute approximate surface area is 111 Å².